The molecule has 1 amide bonds. The number of piperidine rings is 1. The van der Waals surface area contributed by atoms with Gasteiger partial charge in [0.2, 0.25) is 5.91 Å². The SMILES string of the molecule is Cc1cc2occ(CC(=O)N3CCCCC3)c2c(C)c1Cl. The number of amides is 1. The van der Waals surface area contributed by atoms with Crippen LogP contribution in [0.5, 0.6) is 0 Å². The van der Waals surface area contributed by atoms with Gasteiger partial charge in [-0.3, -0.25) is 4.79 Å². The Kier molecular flexibility index (Phi) is 3.94. The van der Waals surface area contributed by atoms with Crippen LogP contribution in [-0.2, 0) is 11.2 Å². The average molecular weight is 306 g/mol. The molecule has 0 bridgehead atoms. The van der Waals surface area contributed by atoms with Crippen LogP contribution < -0.4 is 0 Å². The molecule has 112 valence electrons. The van der Waals surface area contributed by atoms with E-state index in [0.29, 0.717) is 6.42 Å². The summed E-state index contributed by atoms with van der Waals surface area (Å²) in [5.41, 5.74) is 3.77. The summed E-state index contributed by atoms with van der Waals surface area (Å²) in [4.78, 5) is 14.4. The minimum atomic E-state index is 0.188. The maximum Gasteiger partial charge on any atom is 0.227 e. The summed E-state index contributed by atoms with van der Waals surface area (Å²) < 4.78 is 5.62. The van der Waals surface area contributed by atoms with E-state index in [1.807, 2.05) is 24.8 Å². The van der Waals surface area contributed by atoms with Crippen molar-refractivity contribution in [3.05, 3.63) is 34.0 Å². The lowest BCUT2D eigenvalue weighted by Crippen LogP contribution is -2.36. The van der Waals surface area contributed by atoms with Crippen LogP contribution in [0.2, 0.25) is 5.02 Å². The molecule has 0 aliphatic carbocycles. The molecule has 0 unspecified atom stereocenters. The maximum atomic E-state index is 12.4. The van der Waals surface area contributed by atoms with Gasteiger partial charge < -0.3 is 9.32 Å². The molecule has 0 N–H and O–H groups in total. The predicted octanol–water partition coefficient (Wildman–Crippen LogP) is 4.26. The minimum Gasteiger partial charge on any atom is -0.464 e. The first kappa shape index (κ1) is 14.5. The Morgan fingerprint density at radius 2 is 2.00 bits per heavy atom. The van der Waals surface area contributed by atoms with Crippen molar-refractivity contribution in [1.29, 1.82) is 0 Å². The molecular weight excluding hydrogens is 286 g/mol. The van der Waals surface area contributed by atoms with Gasteiger partial charge in [-0.2, -0.15) is 0 Å². The molecule has 1 saturated heterocycles. The van der Waals surface area contributed by atoms with Gasteiger partial charge >= 0.3 is 0 Å². The summed E-state index contributed by atoms with van der Waals surface area (Å²) in [6.45, 7) is 5.72. The number of halogens is 1. The van der Waals surface area contributed by atoms with Gasteiger partial charge in [0.25, 0.3) is 0 Å². The third-order valence-corrected chi connectivity index (χ3v) is 4.93. The highest BCUT2D eigenvalue weighted by Crippen LogP contribution is 2.33. The van der Waals surface area contributed by atoms with Crippen LogP contribution in [-0.4, -0.2) is 23.9 Å². The smallest absolute Gasteiger partial charge is 0.227 e. The molecule has 1 aromatic carbocycles. The molecule has 0 spiro atoms. The molecule has 21 heavy (non-hydrogen) atoms. The average Bonchev–Trinajstić information content (AvgIpc) is 2.88. The molecule has 4 heteroatoms. The number of hydrogen-bond donors (Lipinski definition) is 0. The van der Waals surface area contributed by atoms with E-state index in [0.717, 1.165) is 58.6 Å². The van der Waals surface area contributed by atoms with Gasteiger partial charge in [0.05, 0.1) is 12.7 Å². The molecule has 3 nitrogen and oxygen atoms in total. The van der Waals surface area contributed by atoms with E-state index >= 15 is 0 Å². The normalized spacial score (nSPS) is 15.7. The van der Waals surface area contributed by atoms with Crippen LogP contribution in [0.3, 0.4) is 0 Å². The summed E-state index contributed by atoms with van der Waals surface area (Å²) in [6, 6.07) is 1.94. The van der Waals surface area contributed by atoms with Crippen molar-refractivity contribution < 1.29 is 9.21 Å². The highest BCUT2D eigenvalue weighted by molar-refractivity contribution is 6.33. The van der Waals surface area contributed by atoms with Crippen LogP contribution >= 0.6 is 11.6 Å². The fourth-order valence-corrected chi connectivity index (χ4v) is 3.31. The number of rotatable bonds is 2. The number of aryl methyl sites for hydroxylation is 2. The van der Waals surface area contributed by atoms with E-state index in [1.165, 1.54) is 6.42 Å². The molecule has 1 aromatic heterocycles. The van der Waals surface area contributed by atoms with Gasteiger partial charge in [-0.15, -0.1) is 0 Å². The van der Waals surface area contributed by atoms with Crippen molar-refractivity contribution in [2.75, 3.05) is 13.1 Å². The lowest BCUT2D eigenvalue weighted by molar-refractivity contribution is -0.131. The van der Waals surface area contributed by atoms with Crippen molar-refractivity contribution in [2.24, 2.45) is 0 Å². The largest absolute Gasteiger partial charge is 0.464 e. The third kappa shape index (κ3) is 2.67. The quantitative estimate of drug-likeness (QED) is 0.830. The Bertz CT molecular complexity index is 684. The zero-order chi connectivity index (χ0) is 15.0. The van der Waals surface area contributed by atoms with E-state index < -0.39 is 0 Å². The lowest BCUT2D eigenvalue weighted by Gasteiger charge is -2.26. The van der Waals surface area contributed by atoms with Crippen molar-refractivity contribution in [3.8, 4) is 0 Å². The van der Waals surface area contributed by atoms with Gasteiger partial charge in [0.15, 0.2) is 0 Å². The Morgan fingerprint density at radius 3 is 2.71 bits per heavy atom. The minimum absolute atomic E-state index is 0.188. The van der Waals surface area contributed by atoms with Crippen molar-refractivity contribution in [1.82, 2.24) is 4.90 Å². The topological polar surface area (TPSA) is 33.5 Å². The molecule has 0 radical (unpaired) electrons. The Morgan fingerprint density at radius 1 is 1.29 bits per heavy atom. The standard InChI is InChI=1S/C17H20ClNO2/c1-11-8-14-16(12(2)17(11)18)13(10-21-14)9-15(20)19-6-4-3-5-7-19/h8,10H,3-7,9H2,1-2H3. The number of carbonyl (C=O) groups excluding carboxylic acids is 1. The first-order valence-electron chi connectivity index (χ1n) is 7.51. The van der Waals surface area contributed by atoms with E-state index in [1.54, 1.807) is 6.26 Å². The molecule has 1 aliphatic heterocycles. The molecule has 1 fully saturated rings. The van der Waals surface area contributed by atoms with Gasteiger partial charge in [0.1, 0.15) is 5.58 Å². The van der Waals surface area contributed by atoms with Crippen LogP contribution in [0, 0.1) is 13.8 Å². The second-order valence-electron chi connectivity index (χ2n) is 5.88. The fraction of sp³-hybridized carbons (Fsp3) is 0.471. The summed E-state index contributed by atoms with van der Waals surface area (Å²) in [5, 5.41) is 1.76. The van der Waals surface area contributed by atoms with E-state index in [4.69, 9.17) is 16.0 Å². The molecule has 0 atom stereocenters. The number of furan rings is 1. The van der Waals surface area contributed by atoms with Gasteiger partial charge in [0, 0.05) is 29.1 Å². The van der Waals surface area contributed by atoms with E-state index in [2.05, 4.69) is 0 Å². The predicted molar refractivity (Wildman–Crippen MR) is 84.8 cm³/mol. The molecular formula is C17H20ClNO2. The first-order valence-corrected chi connectivity index (χ1v) is 7.89. The van der Waals surface area contributed by atoms with Gasteiger partial charge in [-0.05, 0) is 50.3 Å². The number of benzene rings is 1. The zero-order valence-electron chi connectivity index (χ0n) is 12.5. The fourth-order valence-electron chi connectivity index (χ4n) is 3.16. The Hall–Kier alpha value is -1.48. The summed E-state index contributed by atoms with van der Waals surface area (Å²) in [6.07, 6.45) is 5.55. The van der Waals surface area contributed by atoms with Crippen LogP contribution in [0.15, 0.2) is 16.7 Å². The first-order chi connectivity index (χ1) is 10.1. The highest BCUT2D eigenvalue weighted by atomic mass is 35.5. The summed E-state index contributed by atoms with van der Waals surface area (Å²) >= 11 is 6.33. The second kappa shape index (κ2) is 5.72. The molecule has 2 heterocycles. The lowest BCUT2D eigenvalue weighted by atomic mass is 10.0. The Balaban J connectivity index is 1.90. The van der Waals surface area contributed by atoms with Crippen LogP contribution in [0.4, 0.5) is 0 Å². The van der Waals surface area contributed by atoms with E-state index in [-0.39, 0.29) is 5.91 Å². The third-order valence-electron chi connectivity index (χ3n) is 4.34. The monoisotopic (exact) mass is 305 g/mol. The highest BCUT2D eigenvalue weighted by Gasteiger charge is 2.20. The van der Waals surface area contributed by atoms with Crippen molar-refractivity contribution in [2.45, 2.75) is 39.5 Å². The summed E-state index contributed by atoms with van der Waals surface area (Å²) in [7, 11) is 0. The number of likely N-dealkylation sites (tertiary alicyclic amines) is 1. The van der Waals surface area contributed by atoms with Crippen LogP contribution in [0.25, 0.3) is 11.0 Å². The molecule has 2 aromatic rings. The molecule has 3 rings (SSSR count). The number of fused-ring (bicyclic) bond motifs is 1. The molecule has 1 aliphatic rings. The van der Waals surface area contributed by atoms with Gasteiger partial charge in [-0.25, -0.2) is 0 Å². The zero-order valence-corrected chi connectivity index (χ0v) is 13.3. The molecule has 0 saturated carbocycles. The van der Waals surface area contributed by atoms with Crippen molar-refractivity contribution >= 4 is 28.5 Å². The van der Waals surface area contributed by atoms with Gasteiger partial charge in [-0.1, -0.05) is 11.6 Å². The van der Waals surface area contributed by atoms with Crippen LogP contribution in [0.1, 0.15) is 36.0 Å². The number of carbonyl (C=O) groups is 1. The summed E-state index contributed by atoms with van der Waals surface area (Å²) in [5.74, 6) is 0.188. The van der Waals surface area contributed by atoms with E-state index in [9.17, 15) is 4.79 Å². The number of nitrogens with zero attached hydrogens (tertiary/aromatic N) is 1. The number of hydrogen-bond acceptors (Lipinski definition) is 2. The Labute approximate surface area is 129 Å². The second-order valence-corrected chi connectivity index (χ2v) is 6.26. The van der Waals surface area contributed by atoms with Crippen molar-refractivity contribution in [3.63, 3.8) is 0 Å². The maximum absolute atomic E-state index is 12.4.